The molecule has 0 aromatic carbocycles. The summed E-state index contributed by atoms with van der Waals surface area (Å²) in [4.78, 5) is 0. The molecule has 2 rings (SSSR count). The van der Waals surface area contributed by atoms with Crippen molar-refractivity contribution >= 4 is 0 Å². The molecule has 0 radical (unpaired) electrons. The Balaban J connectivity index is 1.95. The van der Waals surface area contributed by atoms with Crippen molar-refractivity contribution in [1.29, 1.82) is 0 Å². The third-order valence-electron chi connectivity index (χ3n) is 2.39. The summed E-state index contributed by atoms with van der Waals surface area (Å²) in [5, 5.41) is 3.38. The van der Waals surface area contributed by atoms with Crippen LogP contribution in [0.5, 0.6) is 0 Å². The Hall–Kier alpha value is -0.0400. The van der Waals surface area contributed by atoms with Crippen LogP contribution < -0.4 is 5.32 Å². The Labute approximate surface area is 44.1 Å². The van der Waals surface area contributed by atoms with E-state index in [0.717, 1.165) is 17.9 Å². The zero-order valence-corrected chi connectivity index (χ0v) is 4.65. The van der Waals surface area contributed by atoms with Gasteiger partial charge in [-0.15, -0.1) is 0 Å². The number of rotatable bonds is 1. The summed E-state index contributed by atoms with van der Waals surface area (Å²) in [6.07, 6.45) is 1.39. The van der Waals surface area contributed by atoms with Crippen LogP contribution in [0.1, 0.15) is 13.3 Å². The third-order valence-corrected chi connectivity index (χ3v) is 2.39. The highest BCUT2D eigenvalue weighted by Crippen LogP contribution is 2.47. The van der Waals surface area contributed by atoms with E-state index in [4.69, 9.17) is 0 Å². The molecular weight excluding hydrogens is 86.1 g/mol. The van der Waals surface area contributed by atoms with E-state index in [0.29, 0.717) is 0 Å². The molecule has 1 heterocycles. The second-order valence-corrected chi connectivity index (χ2v) is 2.67. The minimum Gasteiger partial charge on any atom is -0.313 e. The van der Waals surface area contributed by atoms with E-state index >= 15 is 0 Å². The molecule has 0 aromatic heterocycles. The fraction of sp³-hybridized carbons (Fsp3) is 1.00. The number of fused-ring (bicyclic) bond motifs is 1. The topological polar surface area (TPSA) is 12.0 Å². The average Bonchev–Trinajstić information content (AvgIpc) is 2.07. The largest absolute Gasteiger partial charge is 0.313 e. The van der Waals surface area contributed by atoms with Crippen LogP contribution in [-0.2, 0) is 0 Å². The smallest absolute Gasteiger partial charge is 0.0143 e. The summed E-state index contributed by atoms with van der Waals surface area (Å²) in [5.74, 6) is 2.17. The first-order chi connectivity index (χ1) is 3.43. The number of nitrogens with one attached hydrogen (secondary N) is 1. The van der Waals surface area contributed by atoms with Crippen molar-refractivity contribution in [2.24, 2.45) is 11.8 Å². The molecule has 1 aliphatic heterocycles. The Morgan fingerprint density at radius 3 is 2.57 bits per heavy atom. The molecule has 0 aromatic rings. The molecule has 3 atom stereocenters. The highest BCUT2D eigenvalue weighted by molar-refractivity contribution is 5.11. The molecule has 1 saturated heterocycles. The van der Waals surface area contributed by atoms with E-state index in [1.807, 2.05) is 0 Å². The monoisotopic (exact) mass is 97.1 g/mol. The minimum atomic E-state index is 0.963. The molecule has 0 spiro atoms. The van der Waals surface area contributed by atoms with E-state index in [-0.39, 0.29) is 0 Å². The Kier molecular flexibility index (Phi) is 0.571. The molecule has 0 amide bonds. The van der Waals surface area contributed by atoms with Crippen LogP contribution in [0, 0.1) is 11.8 Å². The van der Waals surface area contributed by atoms with Crippen LogP contribution in [0.25, 0.3) is 0 Å². The predicted octanol–water partition coefficient (Wildman–Crippen LogP) is 0.614. The first kappa shape index (κ1) is 3.90. The quantitative estimate of drug-likeness (QED) is 0.505. The van der Waals surface area contributed by atoms with Crippen LogP contribution in [0.2, 0.25) is 0 Å². The van der Waals surface area contributed by atoms with Crippen LogP contribution in [-0.4, -0.2) is 12.6 Å². The molecular formula is C6H11N. The van der Waals surface area contributed by atoms with Gasteiger partial charge in [-0.05, 0) is 11.8 Å². The highest BCUT2D eigenvalue weighted by atomic mass is 15.1. The van der Waals surface area contributed by atoms with Crippen LogP contribution in [0.3, 0.4) is 0 Å². The van der Waals surface area contributed by atoms with Gasteiger partial charge in [-0.25, -0.2) is 0 Å². The van der Waals surface area contributed by atoms with Crippen molar-refractivity contribution in [3.8, 4) is 0 Å². The van der Waals surface area contributed by atoms with Crippen molar-refractivity contribution in [1.82, 2.24) is 5.32 Å². The van der Waals surface area contributed by atoms with E-state index in [9.17, 15) is 0 Å². The zero-order chi connectivity index (χ0) is 4.85. The molecule has 2 aliphatic rings. The second kappa shape index (κ2) is 1.03. The van der Waals surface area contributed by atoms with E-state index in [1.54, 1.807) is 0 Å². The minimum absolute atomic E-state index is 0.963. The van der Waals surface area contributed by atoms with Gasteiger partial charge in [0.1, 0.15) is 0 Å². The van der Waals surface area contributed by atoms with Crippen LogP contribution in [0.15, 0.2) is 0 Å². The summed E-state index contributed by atoms with van der Waals surface area (Å²) < 4.78 is 0. The summed E-state index contributed by atoms with van der Waals surface area (Å²) in [5.41, 5.74) is 0. The maximum absolute atomic E-state index is 3.38. The molecule has 1 nitrogen and oxygen atoms in total. The van der Waals surface area contributed by atoms with Gasteiger partial charge in [0, 0.05) is 12.6 Å². The first-order valence-electron chi connectivity index (χ1n) is 3.17. The van der Waals surface area contributed by atoms with Gasteiger partial charge in [-0.1, -0.05) is 13.3 Å². The maximum atomic E-state index is 3.38. The molecule has 40 valence electrons. The molecule has 0 bridgehead atoms. The normalized spacial score (nSPS) is 55.3. The van der Waals surface area contributed by atoms with Crippen molar-refractivity contribution < 1.29 is 0 Å². The van der Waals surface area contributed by atoms with Gasteiger partial charge in [0.25, 0.3) is 0 Å². The van der Waals surface area contributed by atoms with E-state index < -0.39 is 0 Å². The number of hydrogen-bond acceptors (Lipinski definition) is 1. The molecule has 7 heavy (non-hydrogen) atoms. The second-order valence-electron chi connectivity index (χ2n) is 2.67. The predicted molar refractivity (Wildman–Crippen MR) is 29.1 cm³/mol. The summed E-state index contributed by atoms with van der Waals surface area (Å²) in [7, 11) is 0. The van der Waals surface area contributed by atoms with Gasteiger partial charge >= 0.3 is 0 Å². The molecule has 1 saturated carbocycles. The van der Waals surface area contributed by atoms with E-state index in [1.165, 1.54) is 13.0 Å². The van der Waals surface area contributed by atoms with Gasteiger partial charge < -0.3 is 5.32 Å². The van der Waals surface area contributed by atoms with Gasteiger partial charge in [0.15, 0.2) is 0 Å². The lowest BCUT2D eigenvalue weighted by Gasteiger charge is -2.08. The van der Waals surface area contributed by atoms with Crippen molar-refractivity contribution in [2.75, 3.05) is 6.54 Å². The molecule has 1 aliphatic carbocycles. The maximum Gasteiger partial charge on any atom is 0.0143 e. The average molecular weight is 97.2 g/mol. The molecule has 1 heteroatoms. The first-order valence-corrected chi connectivity index (χ1v) is 3.17. The van der Waals surface area contributed by atoms with Crippen molar-refractivity contribution in [3.63, 3.8) is 0 Å². The SMILES string of the molecule is CCC1C2CNC12. The lowest BCUT2D eigenvalue weighted by Crippen LogP contribution is -2.32. The lowest BCUT2D eigenvalue weighted by molar-refractivity contribution is 0.506. The summed E-state index contributed by atoms with van der Waals surface area (Å²) in [6.45, 7) is 3.59. The van der Waals surface area contributed by atoms with E-state index in [2.05, 4.69) is 12.2 Å². The summed E-state index contributed by atoms with van der Waals surface area (Å²) in [6, 6.07) is 0.963. The van der Waals surface area contributed by atoms with Gasteiger partial charge in [0.2, 0.25) is 0 Å². The fourth-order valence-electron chi connectivity index (χ4n) is 1.69. The highest BCUT2D eigenvalue weighted by Gasteiger charge is 2.54. The summed E-state index contributed by atoms with van der Waals surface area (Å²) >= 11 is 0. The lowest BCUT2D eigenvalue weighted by atomic mass is 10.2. The third kappa shape index (κ3) is 0.325. The van der Waals surface area contributed by atoms with Gasteiger partial charge in [0.05, 0.1) is 0 Å². The standard InChI is InChI=1S/C6H11N/c1-2-4-5-3-7-6(4)5/h4-7H,2-3H2,1H3. The van der Waals surface area contributed by atoms with Crippen LogP contribution in [0.4, 0.5) is 0 Å². The Morgan fingerprint density at radius 2 is 2.43 bits per heavy atom. The van der Waals surface area contributed by atoms with Crippen molar-refractivity contribution in [3.05, 3.63) is 0 Å². The van der Waals surface area contributed by atoms with Gasteiger partial charge in [-0.3, -0.25) is 0 Å². The Bertz CT molecular complexity index is 80.2. The van der Waals surface area contributed by atoms with Crippen LogP contribution >= 0.6 is 0 Å². The fourth-order valence-corrected chi connectivity index (χ4v) is 1.69. The molecule has 1 N–H and O–H groups in total. The van der Waals surface area contributed by atoms with Crippen molar-refractivity contribution in [2.45, 2.75) is 19.4 Å². The zero-order valence-electron chi connectivity index (χ0n) is 4.65. The number of hydrogen-bond donors (Lipinski definition) is 1. The molecule has 2 fully saturated rings. The Morgan fingerprint density at radius 1 is 1.71 bits per heavy atom. The van der Waals surface area contributed by atoms with Gasteiger partial charge in [-0.2, -0.15) is 0 Å². The molecule has 3 unspecified atom stereocenters.